The number of hydrogen-bond donors (Lipinski definition) is 3. The SMILES string of the molecule is O=C(Nc1ccccc1C(=O)O)c1ccc(NC(=O)c2cccs2)cc1. The molecule has 0 saturated heterocycles. The number of thiophene rings is 1. The Hall–Kier alpha value is -3.45. The standard InChI is InChI=1S/C19H14N2O4S/c22-17(21-15-5-2-1-4-14(15)19(24)25)12-7-9-13(10-8-12)20-18(23)16-6-3-11-26-16/h1-11H,(H,20,23)(H,21,22)(H,24,25). The van der Waals surface area contributed by atoms with Gasteiger partial charge in [-0.25, -0.2) is 4.79 Å². The number of para-hydroxylation sites is 1. The number of aromatic carboxylic acids is 1. The summed E-state index contributed by atoms with van der Waals surface area (Å²) in [5, 5.41) is 16.3. The van der Waals surface area contributed by atoms with Crippen LogP contribution in [0.4, 0.5) is 11.4 Å². The van der Waals surface area contributed by atoms with E-state index < -0.39 is 11.9 Å². The van der Waals surface area contributed by atoms with E-state index in [4.69, 9.17) is 5.11 Å². The smallest absolute Gasteiger partial charge is 0.337 e. The number of benzene rings is 2. The van der Waals surface area contributed by atoms with Gasteiger partial charge in [0, 0.05) is 11.3 Å². The topological polar surface area (TPSA) is 95.5 Å². The zero-order chi connectivity index (χ0) is 18.5. The van der Waals surface area contributed by atoms with Crippen LogP contribution in [0.2, 0.25) is 0 Å². The summed E-state index contributed by atoms with van der Waals surface area (Å²) >= 11 is 1.34. The van der Waals surface area contributed by atoms with Crippen LogP contribution in [0.15, 0.2) is 66.0 Å². The zero-order valence-electron chi connectivity index (χ0n) is 13.4. The molecule has 3 rings (SSSR count). The molecule has 3 N–H and O–H groups in total. The van der Waals surface area contributed by atoms with Crippen molar-refractivity contribution in [2.45, 2.75) is 0 Å². The van der Waals surface area contributed by atoms with Crippen LogP contribution in [0.1, 0.15) is 30.4 Å². The van der Waals surface area contributed by atoms with Crippen molar-refractivity contribution in [2.24, 2.45) is 0 Å². The highest BCUT2D eigenvalue weighted by Crippen LogP contribution is 2.18. The Bertz CT molecular complexity index is 950. The highest BCUT2D eigenvalue weighted by atomic mass is 32.1. The number of carbonyl (C=O) groups is 3. The third-order valence-electron chi connectivity index (χ3n) is 3.56. The molecule has 0 saturated carbocycles. The molecular formula is C19H14N2O4S. The summed E-state index contributed by atoms with van der Waals surface area (Å²) in [6.07, 6.45) is 0. The van der Waals surface area contributed by atoms with Crippen molar-refractivity contribution in [1.29, 1.82) is 0 Å². The number of rotatable bonds is 5. The number of carboxylic acids is 1. The van der Waals surface area contributed by atoms with E-state index in [0.717, 1.165) is 0 Å². The number of carbonyl (C=O) groups excluding carboxylic acids is 2. The Labute approximate surface area is 153 Å². The number of anilines is 2. The summed E-state index contributed by atoms with van der Waals surface area (Å²) in [7, 11) is 0. The zero-order valence-corrected chi connectivity index (χ0v) is 14.2. The average molecular weight is 366 g/mol. The molecule has 0 aliphatic rings. The van der Waals surface area contributed by atoms with Gasteiger partial charge in [-0.1, -0.05) is 18.2 Å². The summed E-state index contributed by atoms with van der Waals surface area (Å²) in [4.78, 5) is 36.1. The second-order valence-electron chi connectivity index (χ2n) is 5.31. The first-order chi connectivity index (χ1) is 12.5. The van der Waals surface area contributed by atoms with Crippen molar-refractivity contribution in [3.05, 3.63) is 82.0 Å². The molecule has 2 amide bonds. The van der Waals surface area contributed by atoms with Crippen molar-refractivity contribution in [2.75, 3.05) is 10.6 Å². The van der Waals surface area contributed by atoms with Crippen molar-refractivity contribution in [3.8, 4) is 0 Å². The number of amides is 2. The molecule has 130 valence electrons. The number of carboxylic acid groups (broad SMARTS) is 1. The van der Waals surface area contributed by atoms with Crippen LogP contribution in [0.25, 0.3) is 0 Å². The molecule has 1 aromatic heterocycles. The fourth-order valence-electron chi connectivity index (χ4n) is 2.28. The van der Waals surface area contributed by atoms with Crippen LogP contribution in [-0.4, -0.2) is 22.9 Å². The quantitative estimate of drug-likeness (QED) is 0.637. The van der Waals surface area contributed by atoms with E-state index in [0.29, 0.717) is 16.1 Å². The summed E-state index contributed by atoms with van der Waals surface area (Å²) in [6, 6.07) is 16.0. The minimum atomic E-state index is -1.12. The molecule has 1 heterocycles. The van der Waals surface area contributed by atoms with E-state index in [-0.39, 0.29) is 17.2 Å². The van der Waals surface area contributed by atoms with Gasteiger partial charge < -0.3 is 15.7 Å². The van der Waals surface area contributed by atoms with E-state index in [1.54, 1.807) is 48.5 Å². The fourth-order valence-corrected chi connectivity index (χ4v) is 2.90. The lowest BCUT2D eigenvalue weighted by Crippen LogP contribution is -2.15. The highest BCUT2D eigenvalue weighted by molar-refractivity contribution is 7.12. The van der Waals surface area contributed by atoms with E-state index in [1.165, 1.54) is 23.5 Å². The van der Waals surface area contributed by atoms with E-state index in [2.05, 4.69) is 10.6 Å². The molecule has 0 atom stereocenters. The number of nitrogens with one attached hydrogen (secondary N) is 2. The van der Waals surface area contributed by atoms with E-state index in [9.17, 15) is 14.4 Å². The van der Waals surface area contributed by atoms with Gasteiger partial charge in [0.05, 0.1) is 16.1 Å². The van der Waals surface area contributed by atoms with Gasteiger partial charge in [0.15, 0.2) is 0 Å². The third-order valence-corrected chi connectivity index (χ3v) is 4.42. The summed E-state index contributed by atoms with van der Waals surface area (Å²) in [5.74, 6) is -1.77. The Morgan fingerprint density at radius 3 is 2.19 bits per heavy atom. The highest BCUT2D eigenvalue weighted by Gasteiger charge is 2.13. The van der Waals surface area contributed by atoms with Crippen LogP contribution in [0.5, 0.6) is 0 Å². The fraction of sp³-hybridized carbons (Fsp3) is 0. The van der Waals surface area contributed by atoms with Gasteiger partial charge in [-0.2, -0.15) is 0 Å². The normalized spacial score (nSPS) is 10.2. The molecule has 7 heteroatoms. The maximum absolute atomic E-state index is 12.3. The van der Waals surface area contributed by atoms with Gasteiger partial charge in [-0.15, -0.1) is 11.3 Å². The lowest BCUT2D eigenvalue weighted by molar-refractivity contribution is 0.0697. The maximum atomic E-state index is 12.3. The Balaban J connectivity index is 1.69. The molecule has 2 aromatic carbocycles. The predicted molar refractivity (Wildman–Crippen MR) is 100 cm³/mol. The molecule has 0 aliphatic heterocycles. The van der Waals surface area contributed by atoms with E-state index >= 15 is 0 Å². The van der Waals surface area contributed by atoms with Gasteiger partial charge in [-0.05, 0) is 47.8 Å². The van der Waals surface area contributed by atoms with Gasteiger partial charge in [0.1, 0.15) is 0 Å². The largest absolute Gasteiger partial charge is 0.478 e. The summed E-state index contributed by atoms with van der Waals surface area (Å²) in [5.41, 5.74) is 1.14. The van der Waals surface area contributed by atoms with Crippen LogP contribution >= 0.6 is 11.3 Å². The average Bonchev–Trinajstić information content (AvgIpc) is 3.17. The van der Waals surface area contributed by atoms with Crippen LogP contribution in [0, 0.1) is 0 Å². The van der Waals surface area contributed by atoms with E-state index in [1.807, 2.05) is 5.38 Å². The minimum Gasteiger partial charge on any atom is -0.478 e. The lowest BCUT2D eigenvalue weighted by Gasteiger charge is -2.09. The van der Waals surface area contributed by atoms with Crippen LogP contribution in [-0.2, 0) is 0 Å². The molecule has 0 radical (unpaired) electrons. The Morgan fingerprint density at radius 1 is 0.808 bits per heavy atom. The second kappa shape index (κ2) is 7.62. The molecule has 0 fully saturated rings. The van der Waals surface area contributed by atoms with Crippen molar-refractivity contribution < 1.29 is 19.5 Å². The molecule has 6 nitrogen and oxygen atoms in total. The monoisotopic (exact) mass is 366 g/mol. The van der Waals surface area contributed by atoms with Crippen molar-refractivity contribution in [3.63, 3.8) is 0 Å². The van der Waals surface area contributed by atoms with Gasteiger partial charge in [0.25, 0.3) is 11.8 Å². The Kier molecular flexibility index (Phi) is 5.09. The molecule has 0 aliphatic carbocycles. The van der Waals surface area contributed by atoms with Gasteiger partial charge in [0.2, 0.25) is 0 Å². The Morgan fingerprint density at radius 2 is 1.54 bits per heavy atom. The number of hydrogen-bond acceptors (Lipinski definition) is 4. The van der Waals surface area contributed by atoms with Crippen LogP contribution in [0.3, 0.4) is 0 Å². The second-order valence-corrected chi connectivity index (χ2v) is 6.26. The molecule has 0 bridgehead atoms. The predicted octanol–water partition coefficient (Wildman–Crippen LogP) is 3.95. The first-order valence-electron chi connectivity index (χ1n) is 7.63. The minimum absolute atomic E-state index is 0.0145. The van der Waals surface area contributed by atoms with Crippen molar-refractivity contribution in [1.82, 2.24) is 0 Å². The molecule has 0 unspecified atom stereocenters. The first-order valence-corrected chi connectivity index (χ1v) is 8.51. The molecule has 0 spiro atoms. The molecular weight excluding hydrogens is 352 g/mol. The first kappa shape index (κ1) is 17.4. The lowest BCUT2D eigenvalue weighted by atomic mass is 10.1. The molecule has 3 aromatic rings. The summed E-state index contributed by atoms with van der Waals surface area (Å²) < 4.78 is 0. The van der Waals surface area contributed by atoms with Crippen molar-refractivity contribution >= 4 is 40.5 Å². The third kappa shape index (κ3) is 3.96. The van der Waals surface area contributed by atoms with Gasteiger partial charge in [-0.3, -0.25) is 9.59 Å². The summed E-state index contributed by atoms with van der Waals surface area (Å²) in [6.45, 7) is 0. The van der Waals surface area contributed by atoms with Gasteiger partial charge >= 0.3 is 5.97 Å². The maximum Gasteiger partial charge on any atom is 0.337 e. The molecule has 26 heavy (non-hydrogen) atoms. The van der Waals surface area contributed by atoms with Crippen LogP contribution < -0.4 is 10.6 Å².